The summed E-state index contributed by atoms with van der Waals surface area (Å²) in [5.74, 6) is -0.814. The highest BCUT2D eigenvalue weighted by Crippen LogP contribution is 2.11. The van der Waals surface area contributed by atoms with Gasteiger partial charge in [-0.2, -0.15) is 0 Å². The van der Waals surface area contributed by atoms with Crippen molar-refractivity contribution in [2.45, 2.75) is 6.42 Å². The zero-order valence-corrected chi connectivity index (χ0v) is 7.92. The van der Waals surface area contributed by atoms with E-state index in [1.807, 2.05) is 0 Å². The van der Waals surface area contributed by atoms with Crippen molar-refractivity contribution < 1.29 is 13.9 Å². The predicted octanol–water partition coefficient (Wildman–Crippen LogP) is 1.11. The quantitative estimate of drug-likeness (QED) is 0.738. The minimum Gasteiger partial charge on any atom is -0.465 e. The number of halogens is 1. The fourth-order valence-electron chi connectivity index (χ4n) is 1.17. The van der Waals surface area contributed by atoms with E-state index in [9.17, 15) is 9.18 Å². The molecule has 0 radical (unpaired) electrons. The summed E-state index contributed by atoms with van der Waals surface area (Å²) in [6.45, 7) is 0.349. The van der Waals surface area contributed by atoms with Crippen LogP contribution in [0.4, 0.5) is 4.39 Å². The molecule has 0 aromatic heterocycles. The van der Waals surface area contributed by atoms with E-state index >= 15 is 0 Å². The van der Waals surface area contributed by atoms with E-state index in [2.05, 4.69) is 4.74 Å². The fraction of sp³-hybridized carbons (Fsp3) is 0.300. The van der Waals surface area contributed by atoms with E-state index in [0.717, 1.165) is 0 Å². The summed E-state index contributed by atoms with van der Waals surface area (Å²) in [6.07, 6.45) is 0.413. The Hall–Kier alpha value is -1.42. The van der Waals surface area contributed by atoms with Crippen LogP contribution in [-0.4, -0.2) is 19.6 Å². The third-order valence-electron chi connectivity index (χ3n) is 1.88. The Labute approximate surface area is 81.7 Å². The molecule has 0 fully saturated rings. The summed E-state index contributed by atoms with van der Waals surface area (Å²) in [5, 5.41) is 0. The van der Waals surface area contributed by atoms with Crippen LogP contribution in [0.2, 0.25) is 0 Å². The lowest BCUT2D eigenvalue weighted by Crippen LogP contribution is -2.07. The number of rotatable bonds is 3. The van der Waals surface area contributed by atoms with E-state index < -0.39 is 5.97 Å². The van der Waals surface area contributed by atoms with E-state index in [0.29, 0.717) is 24.1 Å². The lowest BCUT2D eigenvalue weighted by molar-refractivity contribution is 0.0600. The van der Waals surface area contributed by atoms with Gasteiger partial charge in [-0.15, -0.1) is 0 Å². The zero-order valence-electron chi connectivity index (χ0n) is 7.92. The number of carbonyl (C=O) groups excluding carboxylic acids is 1. The minimum atomic E-state index is -0.469. The molecule has 0 amide bonds. The van der Waals surface area contributed by atoms with Crippen LogP contribution in [-0.2, 0) is 11.2 Å². The first-order chi connectivity index (χ1) is 6.69. The number of ether oxygens (including phenoxy) is 1. The highest BCUT2D eigenvalue weighted by Gasteiger charge is 2.08. The second-order valence-electron chi connectivity index (χ2n) is 2.84. The maximum absolute atomic E-state index is 13.1. The Morgan fingerprint density at radius 3 is 2.86 bits per heavy atom. The SMILES string of the molecule is COC(=O)c1ccc(F)c(CCN)c1. The molecule has 1 aromatic carbocycles. The van der Waals surface area contributed by atoms with Crippen molar-refractivity contribution in [3.8, 4) is 0 Å². The first-order valence-corrected chi connectivity index (χ1v) is 4.26. The zero-order chi connectivity index (χ0) is 10.6. The van der Waals surface area contributed by atoms with Crippen molar-refractivity contribution in [2.75, 3.05) is 13.7 Å². The molecule has 0 heterocycles. The average Bonchev–Trinajstić information content (AvgIpc) is 2.20. The molecule has 14 heavy (non-hydrogen) atoms. The molecule has 3 nitrogen and oxygen atoms in total. The van der Waals surface area contributed by atoms with Gasteiger partial charge in [-0.1, -0.05) is 0 Å². The van der Waals surface area contributed by atoms with Gasteiger partial charge in [0.05, 0.1) is 12.7 Å². The first-order valence-electron chi connectivity index (χ1n) is 4.26. The number of methoxy groups -OCH3 is 1. The van der Waals surface area contributed by atoms with Gasteiger partial charge >= 0.3 is 5.97 Å². The van der Waals surface area contributed by atoms with E-state index in [4.69, 9.17) is 5.73 Å². The van der Waals surface area contributed by atoms with Gasteiger partial charge < -0.3 is 10.5 Å². The Morgan fingerprint density at radius 2 is 2.29 bits per heavy atom. The number of hydrogen-bond acceptors (Lipinski definition) is 3. The van der Waals surface area contributed by atoms with Gasteiger partial charge in [0.2, 0.25) is 0 Å². The minimum absolute atomic E-state index is 0.344. The van der Waals surface area contributed by atoms with E-state index in [1.54, 1.807) is 0 Å². The van der Waals surface area contributed by atoms with Crippen LogP contribution in [0.3, 0.4) is 0 Å². The average molecular weight is 197 g/mol. The highest BCUT2D eigenvalue weighted by molar-refractivity contribution is 5.89. The van der Waals surface area contributed by atoms with E-state index in [1.165, 1.54) is 25.3 Å². The van der Waals surface area contributed by atoms with Crippen molar-refractivity contribution in [1.29, 1.82) is 0 Å². The van der Waals surface area contributed by atoms with Gasteiger partial charge in [-0.05, 0) is 36.7 Å². The van der Waals surface area contributed by atoms with Gasteiger partial charge in [-0.3, -0.25) is 0 Å². The van der Waals surface area contributed by atoms with Crippen LogP contribution in [0.25, 0.3) is 0 Å². The van der Waals surface area contributed by atoms with Crippen LogP contribution in [0, 0.1) is 5.82 Å². The smallest absolute Gasteiger partial charge is 0.337 e. The Kier molecular flexibility index (Phi) is 3.59. The van der Waals surface area contributed by atoms with Crippen LogP contribution >= 0.6 is 0 Å². The molecule has 1 rings (SSSR count). The first kappa shape index (κ1) is 10.7. The summed E-state index contributed by atoms with van der Waals surface area (Å²) in [6, 6.07) is 4.10. The fourth-order valence-corrected chi connectivity index (χ4v) is 1.17. The van der Waals surface area contributed by atoms with Gasteiger partial charge in [0.15, 0.2) is 0 Å². The number of esters is 1. The van der Waals surface area contributed by atoms with E-state index in [-0.39, 0.29) is 5.82 Å². The lowest BCUT2D eigenvalue weighted by atomic mass is 10.1. The maximum atomic E-state index is 13.1. The monoisotopic (exact) mass is 197 g/mol. The number of hydrogen-bond donors (Lipinski definition) is 1. The van der Waals surface area contributed by atoms with Gasteiger partial charge in [-0.25, -0.2) is 9.18 Å². The second kappa shape index (κ2) is 4.72. The van der Waals surface area contributed by atoms with Crippen LogP contribution < -0.4 is 5.73 Å². The molecule has 0 aliphatic carbocycles. The molecule has 76 valence electrons. The molecule has 2 N–H and O–H groups in total. The lowest BCUT2D eigenvalue weighted by Gasteiger charge is -2.04. The Balaban J connectivity index is 2.99. The van der Waals surface area contributed by atoms with Gasteiger partial charge in [0, 0.05) is 0 Å². The summed E-state index contributed by atoms with van der Waals surface area (Å²) < 4.78 is 17.6. The molecule has 0 atom stereocenters. The largest absolute Gasteiger partial charge is 0.465 e. The standard InChI is InChI=1S/C10H12FNO2/c1-14-10(13)8-2-3-9(11)7(6-8)4-5-12/h2-3,6H,4-5,12H2,1H3. The summed E-state index contributed by atoms with van der Waals surface area (Å²) in [5.41, 5.74) is 6.09. The third-order valence-corrected chi connectivity index (χ3v) is 1.88. The predicted molar refractivity (Wildman–Crippen MR) is 50.5 cm³/mol. The number of nitrogens with two attached hydrogens (primary N) is 1. The van der Waals surface area contributed by atoms with Crippen molar-refractivity contribution in [2.24, 2.45) is 5.73 Å². The maximum Gasteiger partial charge on any atom is 0.337 e. The number of benzene rings is 1. The molecule has 0 bridgehead atoms. The van der Waals surface area contributed by atoms with Crippen molar-refractivity contribution in [3.63, 3.8) is 0 Å². The molecule has 0 saturated heterocycles. The van der Waals surface area contributed by atoms with Crippen LogP contribution in [0.1, 0.15) is 15.9 Å². The summed E-state index contributed by atoms with van der Waals surface area (Å²) >= 11 is 0. The third kappa shape index (κ3) is 2.29. The Bertz CT molecular complexity index is 339. The molecule has 4 heteroatoms. The van der Waals surface area contributed by atoms with Gasteiger partial charge in [0.25, 0.3) is 0 Å². The Morgan fingerprint density at radius 1 is 1.57 bits per heavy atom. The van der Waals surface area contributed by atoms with Gasteiger partial charge in [0.1, 0.15) is 5.82 Å². The molecule has 0 aliphatic rings. The topological polar surface area (TPSA) is 52.3 Å². The van der Waals surface area contributed by atoms with Crippen LogP contribution in [0.5, 0.6) is 0 Å². The number of carbonyl (C=O) groups is 1. The summed E-state index contributed by atoms with van der Waals surface area (Å²) in [7, 11) is 1.29. The van der Waals surface area contributed by atoms with Crippen molar-refractivity contribution in [1.82, 2.24) is 0 Å². The molecule has 0 unspecified atom stereocenters. The summed E-state index contributed by atoms with van der Waals surface area (Å²) in [4.78, 5) is 11.1. The molecule has 0 spiro atoms. The molecular weight excluding hydrogens is 185 g/mol. The van der Waals surface area contributed by atoms with Crippen LogP contribution in [0.15, 0.2) is 18.2 Å². The molecule has 1 aromatic rings. The molecular formula is C10H12FNO2. The van der Waals surface area contributed by atoms with Crippen molar-refractivity contribution >= 4 is 5.97 Å². The van der Waals surface area contributed by atoms with Crippen molar-refractivity contribution in [3.05, 3.63) is 35.1 Å². The normalized spacial score (nSPS) is 9.93. The molecule has 0 aliphatic heterocycles. The molecule has 0 saturated carbocycles. The highest BCUT2D eigenvalue weighted by atomic mass is 19.1. The second-order valence-corrected chi connectivity index (χ2v) is 2.84.